The number of pyridine rings is 1. The second-order valence-electron chi connectivity index (χ2n) is 6.60. The molecule has 132 valence electrons. The zero-order chi connectivity index (χ0) is 17.9. The highest BCUT2D eigenvalue weighted by atomic mass is 16.5. The molecule has 0 N–H and O–H groups in total. The first-order chi connectivity index (χ1) is 12.8. The second kappa shape index (κ2) is 7.26. The Balaban J connectivity index is 1.71. The van der Waals surface area contributed by atoms with Gasteiger partial charge in [-0.3, -0.25) is 9.78 Å². The summed E-state index contributed by atoms with van der Waals surface area (Å²) in [5.74, 6) is 0.0715. The number of hydrogen-bond donors (Lipinski definition) is 0. The maximum Gasteiger partial charge on any atom is 0.254 e. The lowest BCUT2D eigenvalue weighted by atomic mass is 10.0. The number of morpholine rings is 1. The quantitative estimate of drug-likeness (QED) is 0.715. The summed E-state index contributed by atoms with van der Waals surface area (Å²) in [6.07, 6.45) is 2.72. The first-order valence-corrected chi connectivity index (χ1v) is 9.11. The van der Waals surface area contributed by atoms with Crippen LogP contribution in [0, 0.1) is 0 Å². The largest absolute Gasteiger partial charge is 0.377 e. The van der Waals surface area contributed by atoms with Crippen molar-refractivity contribution in [1.29, 1.82) is 0 Å². The molecule has 0 spiro atoms. The first-order valence-electron chi connectivity index (χ1n) is 9.11. The van der Waals surface area contributed by atoms with Crippen LogP contribution in [0.25, 0.3) is 22.0 Å². The third-order valence-corrected chi connectivity index (χ3v) is 5.02. The van der Waals surface area contributed by atoms with Crippen LogP contribution in [0.1, 0.15) is 23.7 Å². The van der Waals surface area contributed by atoms with Crippen LogP contribution in [0.4, 0.5) is 0 Å². The Morgan fingerprint density at radius 3 is 2.96 bits per heavy atom. The van der Waals surface area contributed by atoms with Crippen molar-refractivity contribution in [3.05, 3.63) is 66.4 Å². The number of rotatable bonds is 3. The second-order valence-corrected chi connectivity index (χ2v) is 6.60. The van der Waals surface area contributed by atoms with Crippen LogP contribution >= 0.6 is 0 Å². The van der Waals surface area contributed by atoms with E-state index < -0.39 is 0 Å². The minimum absolute atomic E-state index is 0.0715. The SMILES string of the molecule is CC[C@H]1COCCN1C(=O)c1cccc(-c2nccc3ccccc23)c1. The number of amides is 1. The lowest BCUT2D eigenvalue weighted by molar-refractivity contribution is -0.00279. The van der Waals surface area contributed by atoms with Gasteiger partial charge in [-0.2, -0.15) is 0 Å². The molecule has 1 aromatic heterocycles. The number of carbonyl (C=O) groups is 1. The lowest BCUT2D eigenvalue weighted by Gasteiger charge is -2.35. The molecule has 1 amide bonds. The van der Waals surface area contributed by atoms with Gasteiger partial charge in [0.1, 0.15) is 0 Å². The number of hydrogen-bond acceptors (Lipinski definition) is 3. The van der Waals surface area contributed by atoms with Gasteiger partial charge in [-0.1, -0.05) is 43.3 Å². The predicted molar refractivity (Wildman–Crippen MR) is 103 cm³/mol. The number of benzene rings is 2. The van der Waals surface area contributed by atoms with Crippen molar-refractivity contribution in [2.24, 2.45) is 0 Å². The minimum atomic E-state index is 0.0715. The molecule has 4 heteroatoms. The number of carbonyl (C=O) groups excluding carboxylic acids is 1. The smallest absolute Gasteiger partial charge is 0.254 e. The molecular formula is C22H22N2O2. The van der Waals surface area contributed by atoms with E-state index in [9.17, 15) is 4.79 Å². The summed E-state index contributed by atoms with van der Waals surface area (Å²) < 4.78 is 5.53. The van der Waals surface area contributed by atoms with E-state index in [-0.39, 0.29) is 11.9 Å². The van der Waals surface area contributed by atoms with E-state index in [1.165, 1.54) is 0 Å². The number of nitrogens with zero attached hydrogens (tertiary/aromatic N) is 2. The van der Waals surface area contributed by atoms with Gasteiger partial charge in [0.25, 0.3) is 5.91 Å². The van der Waals surface area contributed by atoms with Crippen LogP contribution in [0.5, 0.6) is 0 Å². The molecule has 4 nitrogen and oxygen atoms in total. The maximum absolute atomic E-state index is 13.1. The van der Waals surface area contributed by atoms with Gasteiger partial charge in [-0.15, -0.1) is 0 Å². The summed E-state index contributed by atoms with van der Waals surface area (Å²) in [5.41, 5.74) is 2.58. The summed E-state index contributed by atoms with van der Waals surface area (Å²) in [4.78, 5) is 19.6. The van der Waals surface area contributed by atoms with Crippen molar-refractivity contribution < 1.29 is 9.53 Å². The topological polar surface area (TPSA) is 42.4 Å². The Morgan fingerprint density at radius 1 is 1.19 bits per heavy atom. The Kier molecular flexibility index (Phi) is 4.67. The number of ether oxygens (including phenoxy) is 1. The molecule has 0 bridgehead atoms. The van der Waals surface area contributed by atoms with Gasteiger partial charge < -0.3 is 9.64 Å². The molecule has 2 aromatic carbocycles. The van der Waals surface area contributed by atoms with E-state index in [2.05, 4.69) is 24.0 Å². The van der Waals surface area contributed by atoms with E-state index in [0.717, 1.165) is 28.5 Å². The van der Waals surface area contributed by atoms with Gasteiger partial charge in [0.15, 0.2) is 0 Å². The number of fused-ring (bicyclic) bond motifs is 1. The molecule has 1 atom stereocenters. The third-order valence-electron chi connectivity index (χ3n) is 5.02. The van der Waals surface area contributed by atoms with Crippen LogP contribution in [0.3, 0.4) is 0 Å². The van der Waals surface area contributed by atoms with Gasteiger partial charge in [0, 0.05) is 29.3 Å². The summed E-state index contributed by atoms with van der Waals surface area (Å²) in [6.45, 7) is 3.96. The zero-order valence-corrected chi connectivity index (χ0v) is 14.9. The van der Waals surface area contributed by atoms with Crippen molar-refractivity contribution in [2.45, 2.75) is 19.4 Å². The average molecular weight is 346 g/mol. The molecular weight excluding hydrogens is 324 g/mol. The Morgan fingerprint density at radius 2 is 2.08 bits per heavy atom. The normalized spacial score (nSPS) is 17.4. The first kappa shape index (κ1) is 16.7. The Hall–Kier alpha value is -2.72. The number of aromatic nitrogens is 1. The highest BCUT2D eigenvalue weighted by molar-refractivity contribution is 5.98. The van der Waals surface area contributed by atoms with Crippen LogP contribution in [-0.2, 0) is 4.74 Å². The molecule has 4 rings (SSSR count). The van der Waals surface area contributed by atoms with Crippen molar-refractivity contribution in [3.8, 4) is 11.3 Å². The summed E-state index contributed by atoms with van der Waals surface area (Å²) in [5, 5.41) is 2.24. The monoisotopic (exact) mass is 346 g/mol. The van der Waals surface area contributed by atoms with Crippen LogP contribution in [-0.4, -0.2) is 41.6 Å². The van der Waals surface area contributed by atoms with Gasteiger partial charge in [0.05, 0.1) is 24.9 Å². The third kappa shape index (κ3) is 3.08. The van der Waals surface area contributed by atoms with E-state index in [1.54, 1.807) is 0 Å². The van der Waals surface area contributed by atoms with Crippen molar-refractivity contribution in [3.63, 3.8) is 0 Å². The molecule has 0 saturated carbocycles. The molecule has 1 aliphatic rings. The van der Waals surface area contributed by atoms with E-state index in [4.69, 9.17) is 4.74 Å². The Labute approximate surface area is 153 Å². The highest BCUT2D eigenvalue weighted by Crippen LogP contribution is 2.27. The zero-order valence-electron chi connectivity index (χ0n) is 14.9. The van der Waals surface area contributed by atoms with Crippen LogP contribution in [0.15, 0.2) is 60.8 Å². The molecule has 2 heterocycles. The van der Waals surface area contributed by atoms with Gasteiger partial charge in [-0.25, -0.2) is 0 Å². The van der Waals surface area contributed by atoms with Crippen molar-refractivity contribution in [1.82, 2.24) is 9.88 Å². The fourth-order valence-electron chi connectivity index (χ4n) is 3.58. The van der Waals surface area contributed by atoms with E-state index in [1.807, 2.05) is 53.6 Å². The lowest BCUT2D eigenvalue weighted by Crippen LogP contribution is -2.48. The maximum atomic E-state index is 13.1. The van der Waals surface area contributed by atoms with E-state index >= 15 is 0 Å². The molecule has 1 saturated heterocycles. The summed E-state index contributed by atoms with van der Waals surface area (Å²) in [6, 6.07) is 18.1. The highest BCUT2D eigenvalue weighted by Gasteiger charge is 2.26. The molecule has 0 aliphatic carbocycles. The average Bonchev–Trinajstić information content (AvgIpc) is 2.73. The fraction of sp³-hybridized carbons (Fsp3) is 0.273. The van der Waals surface area contributed by atoms with E-state index in [0.29, 0.717) is 25.3 Å². The Bertz CT molecular complexity index is 933. The molecule has 0 radical (unpaired) electrons. The van der Waals surface area contributed by atoms with Gasteiger partial charge >= 0.3 is 0 Å². The molecule has 1 aliphatic heterocycles. The van der Waals surface area contributed by atoms with Gasteiger partial charge in [-0.05, 0) is 30.0 Å². The standard InChI is InChI=1S/C22H22N2O2/c1-2-19-15-26-13-12-24(19)22(25)18-8-5-7-17(14-18)21-20-9-4-3-6-16(20)10-11-23-21/h3-11,14,19H,2,12-13,15H2,1H3/t19-/m0/s1. The predicted octanol–water partition coefficient (Wildman–Crippen LogP) is 4.15. The van der Waals surface area contributed by atoms with Crippen molar-refractivity contribution >= 4 is 16.7 Å². The molecule has 3 aromatic rings. The summed E-state index contributed by atoms with van der Waals surface area (Å²) >= 11 is 0. The fourth-order valence-corrected chi connectivity index (χ4v) is 3.58. The molecule has 26 heavy (non-hydrogen) atoms. The van der Waals surface area contributed by atoms with Crippen molar-refractivity contribution in [2.75, 3.05) is 19.8 Å². The molecule has 0 unspecified atom stereocenters. The van der Waals surface area contributed by atoms with Gasteiger partial charge in [0.2, 0.25) is 0 Å². The molecule has 1 fully saturated rings. The van der Waals surface area contributed by atoms with Crippen LogP contribution in [0.2, 0.25) is 0 Å². The summed E-state index contributed by atoms with van der Waals surface area (Å²) in [7, 11) is 0. The van der Waals surface area contributed by atoms with Crippen LogP contribution < -0.4 is 0 Å². The minimum Gasteiger partial charge on any atom is -0.377 e.